The summed E-state index contributed by atoms with van der Waals surface area (Å²) < 4.78 is 0. The van der Waals surface area contributed by atoms with Crippen LogP contribution in [0.3, 0.4) is 0 Å². The molecule has 0 bridgehead atoms. The minimum Gasteiger partial charge on any atom is -0.298 e. The maximum absolute atomic E-state index is 11.4. The Bertz CT molecular complexity index is 169. The molecule has 2 fully saturated rings. The van der Waals surface area contributed by atoms with Crippen LogP contribution in [0.25, 0.3) is 0 Å². The zero-order valence-electron chi connectivity index (χ0n) is 6.58. The normalized spacial score (nSPS) is 33.5. The first-order valence-electron chi connectivity index (χ1n) is 4.22. The monoisotopic (exact) mass is 171 g/mol. The zero-order chi connectivity index (χ0) is 7.68. The summed E-state index contributed by atoms with van der Waals surface area (Å²) in [5.41, 5.74) is 0. The van der Waals surface area contributed by atoms with E-state index < -0.39 is 0 Å². The smallest absolute Gasteiger partial charge is 0.150 e. The van der Waals surface area contributed by atoms with Crippen LogP contribution in [-0.4, -0.2) is 41.3 Å². The SMILES string of the molecule is O=C1CCCN2CCSC[C@H]12. The van der Waals surface area contributed by atoms with E-state index in [0.717, 1.165) is 31.7 Å². The van der Waals surface area contributed by atoms with Gasteiger partial charge < -0.3 is 0 Å². The van der Waals surface area contributed by atoms with E-state index in [1.54, 1.807) is 0 Å². The molecule has 2 heterocycles. The first kappa shape index (κ1) is 7.62. The van der Waals surface area contributed by atoms with E-state index in [1.165, 1.54) is 5.75 Å². The fourth-order valence-electron chi connectivity index (χ4n) is 1.83. The summed E-state index contributed by atoms with van der Waals surface area (Å²) in [7, 11) is 0. The number of fused-ring (bicyclic) bond motifs is 1. The number of hydrogen-bond donors (Lipinski definition) is 0. The summed E-state index contributed by atoms with van der Waals surface area (Å²) in [6.45, 7) is 2.28. The number of carbonyl (C=O) groups is 1. The van der Waals surface area contributed by atoms with Crippen LogP contribution < -0.4 is 0 Å². The van der Waals surface area contributed by atoms with Gasteiger partial charge in [-0.15, -0.1) is 0 Å². The Morgan fingerprint density at radius 1 is 1.45 bits per heavy atom. The van der Waals surface area contributed by atoms with Crippen molar-refractivity contribution in [3.63, 3.8) is 0 Å². The molecule has 1 atom stereocenters. The van der Waals surface area contributed by atoms with Gasteiger partial charge in [-0.3, -0.25) is 9.69 Å². The molecule has 0 spiro atoms. The van der Waals surface area contributed by atoms with Gasteiger partial charge in [0.25, 0.3) is 0 Å². The molecule has 0 saturated carbocycles. The van der Waals surface area contributed by atoms with Gasteiger partial charge >= 0.3 is 0 Å². The first-order chi connectivity index (χ1) is 5.38. The van der Waals surface area contributed by atoms with Gasteiger partial charge in [-0.1, -0.05) is 0 Å². The number of nitrogens with zero attached hydrogens (tertiary/aromatic N) is 1. The van der Waals surface area contributed by atoms with Gasteiger partial charge in [0.15, 0.2) is 5.78 Å². The maximum Gasteiger partial charge on any atom is 0.150 e. The van der Waals surface area contributed by atoms with Crippen molar-refractivity contribution in [2.75, 3.05) is 24.6 Å². The van der Waals surface area contributed by atoms with Crippen LogP contribution in [0.5, 0.6) is 0 Å². The number of piperidine rings is 1. The van der Waals surface area contributed by atoms with Crippen LogP contribution in [0.1, 0.15) is 12.8 Å². The number of hydrogen-bond acceptors (Lipinski definition) is 3. The molecule has 0 aliphatic carbocycles. The lowest BCUT2D eigenvalue weighted by molar-refractivity contribution is -0.126. The summed E-state index contributed by atoms with van der Waals surface area (Å²) in [6.07, 6.45) is 1.90. The van der Waals surface area contributed by atoms with Crippen LogP contribution in [-0.2, 0) is 4.79 Å². The molecule has 0 aromatic heterocycles. The van der Waals surface area contributed by atoms with Crippen molar-refractivity contribution < 1.29 is 4.79 Å². The predicted octanol–water partition coefficient (Wildman–Crippen LogP) is 0.767. The van der Waals surface area contributed by atoms with Crippen molar-refractivity contribution in [2.24, 2.45) is 0 Å². The molecule has 0 aromatic carbocycles. The van der Waals surface area contributed by atoms with Crippen molar-refractivity contribution in [2.45, 2.75) is 18.9 Å². The molecule has 2 aliphatic rings. The minimum absolute atomic E-state index is 0.280. The Balaban J connectivity index is 2.05. The van der Waals surface area contributed by atoms with Gasteiger partial charge in [0.1, 0.15) is 0 Å². The molecule has 0 aromatic rings. The molecule has 2 saturated heterocycles. The van der Waals surface area contributed by atoms with Gasteiger partial charge in [-0.25, -0.2) is 0 Å². The van der Waals surface area contributed by atoms with Crippen LogP contribution in [0.2, 0.25) is 0 Å². The van der Waals surface area contributed by atoms with Crippen LogP contribution in [0.15, 0.2) is 0 Å². The molecular formula is C8H13NOS. The van der Waals surface area contributed by atoms with Gasteiger partial charge in [0.2, 0.25) is 0 Å². The topological polar surface area (TPSA) is 20.3 Å². The van der Waals surface area contributed by atoms with Crippen molar-refractivity contribution in [3.8, 4) is 0 Å². The predicted molar refractivity (Wildman–Crippen MR) is 46.9 cm³/mol. The third-order valence-corrected chi connectivity index (χ3v) is 3.50. The van der Waals surface area contributed by atoms with E-state index >= 15 is 0 Å². The molecule has 62 valence electrons. The van der Waals surface area contributed by atoms with Crippen molar-refractivity contribution in [3.05, 3.63) is 0 Å². The summed E-state index contributed by atoms with van der Waals surface area (Å²) in [5.74, 6) is 2.73. The summed E-state index contributed by atoms with van der Waals surface area (Å²) >= 11 is 1.92. The average Bonchev–Trinajstić information content (AvgIpc) is 2.06. The van der Waals surface area contributed by atoms with E-state index in [4.69, 9.17) is 0 Å². The van der Waals surface area contributed by atoms with Crippen LogP contribution >= 0.6 is 11.8 Å². The molecule has 2 aliphatic heterocycles. The van der Waals surface area contributed by atoms with E-state index in [1.807, 2.05) is 11.8 Å². The molecule has 11 heavy (non-hydrogen) atoms. The molecular weight excluding hydrogens is 158 g/mol. The Morgan fingerprint density at radius 3 is 3.18 bits per heavy atom. The van der Waals surface area contributed by atoms with Gasteiger partial charge in [-0.2, -0.15) is 11.8 Å². The molecule has 2 nitrogen and oxygen atoms in total. The molecule has 0 amide bonds. The van der Waals surface area contributed by atoms with E-state index in [9.17, 15) is 4.79 Å². The van der Waals surface area contributed by atoms with E-state index in [0.29, 0.717) is 5.78 Å². The van der Waals surface area contributed by atoms with E-state index in [-0.39, 0.29) is 6.04 Å². The second-order valence-corrected chi connectivity index (χ2v) is 4.35. The summed E-state index contributed by atoms with van der Waals surface area (Å²) in [4.78, 5) is 13.7. The number of ketones is 1. The van der Waals surface area contributed by atoms with Gasteiger partial charge in [0.05, 0.1) is 6.04 Å². The fourth-order valence-corrected chi connectivity index (χ4v) is 2.98. The lowest BCUT2D eigenvalue weighted by Gasteiger charge is -2.37. The highest BCUT2D eigenvalue weighted by molar-refractivity contribution is 7.99. The average molecular weight is 171 g/mol. The zero-order valence-corrected chi connectivity index (χ0v) is 7.40. The molecule has 0 N–H and O–H groups in total. The lowest BCUT2D eigenvalue weighted by atomic mass is 10.0. The second kappa shape index (κ2) is 3.15. The number of Topliss-reactive ketones (excluding diaryl/α,β-unsaturated/α-hetero) is 1. The highest BCUT2D eigenvalue weighted by atomic mass is 32.2. The number of carbonyl (C=O) groups excluding carboxylic acids is 1. The Labute approximate surface area is 71.3 Å². The highest BCUT2D eigenvalue weighted by Gasteiger charge is 2.31. The third-order valence-electron chi connectivity index (χ3n) is 2.48. The van der Waals surface area contributed by atoms with Crippen molar-refractivity contribution >= 4 is 17.5 Å². The largest absolute Gasteiger partial charge is 0.298 e. The Morgan fingerprint density at radius 2 is 2.36 bits per heavy atom. The van der Waals surface area contributed by atoms with E-state index in [2.05, 4.69) is 4.90 Å². The number of thioether (sulfide) groups is 1. The Hall–Kier alpha value is -0.0200. The third kappa shape index (κ3) is 1.44. The summed E-state index contributed by atoms with van der Waals surface area (Å²) in [6, 6.07) is 0.280. The number of rotatable bonds is 0. The van der Waals surface area contributed by atoms with Crippen LogP contribution in [0.4, 0.5) is 0 Å². The molecule has 0 unspecified atom stereocenters. The lowest BCUT2D eigenvalue weighted by Crippen LogP contribution is -2.50. The Kier molecular flexibility index (Phi) is 2.18. The van der Waals surface area contributed by atoms with Crippen molar-refractivity contribution in [1.29, 1.82) is 0 Å². The second-order valence-electron chi connectivity index (χ2n) is 3.20. The van der Waals surface area contributed by atoms with Gasteiger partial charge in [-0.05, 0) is 13.0 Å². The highest BCUT2D eigenvalue weighted by Crippen LogP contribution is 2.22. The summed E-state index contributed by atoms with van der Waals surface area (Å²) in [5, 5.41) is 0. The van der Waals surface area contributed by atoms with Crippen LogP contribution in [0, 0.1) is 0 Å². The molecule has 3 heteroatoms. The standard InChI is InChI=1S/C8H13NOS/c10-8-2-1-3-9-4-5-11-6-7(8)9/h7H,1-6H2/t7-/m1/s1. The molecule has 0 radical (unpaired) electrons. The maximum atomic E-state index is 11.4. The fraction of sp³-hybridized carbons (Fsp3) is 0.875. The minimum atomic E-state index is 0.280. The first-order valence-corrected chi connectivity index (χ1v) is 5.38. The molecule has 2 rings (SSSR count). The quantitative estimate of drug-likeness (QED) is 0.537. The van der Waals surface area contributed by atoms with Gasteiger partial charge in [0, 0.05) is 24.5 Å². The van der Waals surface area contributed by atoms with Crippen molar-refractivity contribution in [1.82, 2.24) is 4.90 Å².